The fraction of sp³-hybridized carbons (Fsp3) is 0.368. The van der Waals surface area contributed by atoms with Gasteiger partial charge in [0.25, 0.3) is 5.91 Å². The largest absolute Gasteiger partial charge is 0.484 e. The minimum Gasteiger partial charge on any atom is -0.484 e. The molecule has 9 heteroatoms. The summed E-state index contributed by atoms with van der Waals surface area (Å²) >= 11 is 0.754. The number of amides is 2. The van der Waals surface area contributed by atoms with Gasteiger partial charge in [0.1, 0.15) is 5.75 Å². The van der Waals surface area contributed by atoms with Gasteiger partial charge in [0.05, 0.1) is 13.5 Å². The Morgan fingerprint density at radius 3 is 2.43 bits per heavy atom. The number of carbonyl (C=O) groups is 4. The highest BCUT2D eigenvalue weighted by molar-refractivity contribution is 8.14. The molecule has 28 heavy (non-hydrogen) atoms. The summed E-state index contributed by atoms with van der Waals surface area (Å²) in [6.07, 6.45) is -0.144. The van der Waals surface area contributed by atoms with Crippen LogP contribution in [0.4, 0.5) is 0 Å². The fourth-order valence-electron chi connectivity index (χ4n) is 2.85. The zero-order valence-corrected chi connectivity index (χ0v) is 16.7. The van der Waals surface area contributed by atoms with Gasteiger partial charge in [-0.1, -0.05) is 24.8 Å². The number of para-hydroxylation sites is 1. The number of hydrogen-bond acceptors (Lipinski definition) is 7. The van der Waals surface area contributed by atoms with Gasteiger partial charge in [-0.25, -0.2) is 4.79 Å². The third kappa shape index (κ3) is 4.72. The number of rotatable bonds is 8. The highest BCUT2D eigenvalue weighted by Gasteiger charge is 2.58. The first-order valence-electron chi connectivity index (χ1n) is 8.44. The molecule has 1 aliphatic heterocycles. The molecular weight excluding hydrogens is 384 g/mol. The molecule has 1 unspecified atom stereocenters. The van der Waals surface area contributed by atoms with Crippen molar-refractivity contribution in [1.82, 2.24) is 10.2 Å². The topological polar surface area (TPSA) is 102 Å². The lowest BCUT2D eigenvalue weighted by Crippen LogP contribution is -2.74. The quantitative estimate of drug-likeness (QED) is 0.302. The second kappa shape index (κ2) is 8.92. The second-order valence-corrected chi connectivity index (χ2v) is 7.69. The van der Waals surface area contributed by atoms with Crippen molar-refractivity contribution in [2.75, 3.05) is 13.7 Å². The molecule has 1 aliphatic rings. The predicted molar refractivity (Wildman–Crippen MR) is 103 cm³/mol. The van der Waals surface area contributed by atoms with Gasteiger partial charge >= 0.3 is 5.97 Å². The van der Waals surface area contributed by atoms with Crippen molar-refractivity contribution in [1.29, 1.82) is 0 Å². The van der Waals surface area contributed by atoms with E-state index in [1.54, 1.807) is 31.2 Å². The van der Waals surface area contributed by atoms with Crippen molar-refractivity contribution in [2.24, 2.45) is 0 Å². The first kappa shape index (κ1) is 21.5. The Kier molecular flexibility index (Phi) is 6.85. The predicted octanol–water partition coefficient (Wildman–Crippen LogP) is 1.47. The minimum atomic E-state index is -1.40. The molecule has 2 atom stereocenters. The Balaban J connectivity index is 2.21. The lowest BCUT2D eigenvalue weighted by atomic mass is 9.99. The number of methoxy groups -OCH3 is 1. The molecule has 0 spiro atoms. The standard InChI is InChI=1S/C19H22N2O6S/c1-12(2)17(18(25)26-4)21-16(24)10-19(21,28-13(3)22)20-15(23)11-27-14-8-6-5-7-9-14/h5-9,17H,1,10-11H2,2-4H3,(H,20,23)/t17?,19-/m1/s1. The molecule has 2 rings (SSSR count). The van der Waals surface area contributed by atoms with E-state index in [1.165, 1.54) is 14.0 Å². The van der Waals surface area contributed by atoms with Crippen LogP contribution >= 0.6 is 11.8 Å². The normalized spacial score (nSPS) is 19.2. The molecule has 1 aromatic carbocycles. The van der Waals surface area contributed by atoms with Gasteiger partial charge in [-0.05, 0) is 36.4 Å². The van der Waals surface area contributed by atoms with E-state index in [2.05, 4.69) is 11.9 Å². The van der Waals surface area contributed by atoms with Gasteiger partial charge in [0.15, 0.2) is 22.8 Å². The molecule has 0 aromatic heterocycles. The fourth-order valence-corrected chi connectivity index (χ4v) is 3.99. The maximum absolute atomic E-state index is 12.5. The highest BCUT2D eigenvalue weighted by Crippen LogP contribution is 2.43. The zero-order chi connectivity index (χ0) is 20.9. The summed E-state index contributed by atoms with van der Waals surface area (Å²) in [6.45, 7) is 6.30. The van der Waals surface area contributed by atoms with Gasteiger partial charge in [0, 0.05) is 6.92 Å². The summed E-state index contributed by atoms with van der Waals surface area (Å²) < 4.78 is 10.2. The highest BCUT2D eigenvalue weighted by atomic mass is 32.2. The molecule has 1 heterocycles. The van der Waals surface area contributed by atoms with Crippen LogP contribution in [0.25, 0.3) is 0 Å². The van der Waals surface area contributed by atoms with Crippen LogP contribution < -0.4 is 10.1 Å². The lowest BCUT2D eigenvalue weighted by molar-refractivity contribution is -0.167. The van der Waals surface area contributed by atoms with Crippen LogP contribution in [-0.4, -0.2) is 52.6 Å². The molecule has 1 saturated heterocycles. The molecule has 1 fully saturated rings. The summed E-state index contributed by atoms with van der Waals surface area (Å²) in [5, 5.41) is 2.33. The number of nitrogens with one attached hydrogen (secondary N) is 1. The molecule has 150 valence electrons. The summed E-state index contributed by atoms with van der Waals surface area (Å²) in [6, 6.07) is 7.62. The van der Waals surface area contributed by atoms with Crippen molar-refractivity contribution >= 4 is 34.7 Å². The Morgan fingerprint density at radius 1 is 1.29 bits per heavy atom. The van der Waals surface area contributed by atoms with Gasteiger partial charge in [0.2, 0.25) is 5.91 Å². The Morgan fingerprint density at radius 2 is 1.93 bits per heavy atom. The Bertz CT molecular complexity index is 797. The van der Waals surface area contributed by atoms with Gasteiger partial charge in [-0.2, -0.15) is 0 Å². The minimum absolute atomic E-state index is 0.144. The van der Waals surface area contributed by atoms with Crippen molar-refractivity contribution < 1.29 is 28.7 Å². The summed E-state index contributed by atoms with van der Waals surface area (Å²) in [4.78, 5) is 48.5. The van der Waals surface area contributed by atoms with Crippen molar-refractivity contribution in [2.45, 2.75) is 31.3 Å². The lowest BCUT2D eigenvalue weighted by Gasteiger charge is -2.53. The van der Waals surface area contributed by atoms with E-state index < -0.39 is 28.8 Å². The average molecular weight is 406 g/mol. The number of β-lactam (4-membered cyclic amide) rings is 1. The van der Waals surface area contributed by atoms with E-state index in [4.69, 9.17) is 9.47 Å². The third-order valence-corrected chi connectivity index (χ3v) is 5.03. The van der Waals surface area contributed by atoms with Crippen LogP contribution in [0, 0.1) is 0 Å². The Hall–Kier alpha value is -2.81. The van der Waals surface area contributed by atoms with Crippen molar-refractivity contribution in [3.8, 4) is 5.75 Å². The van der Waals surface area contributed by atoms with Crippen LogP contribution in [0.15, 0.2) is 42.5 Å². The van der Waals surface area contributed by atoms with Crippen LogP contribution in [0.5, 0.6) is 5.75 Å². The molecule has 1 N–H and O–H groups in total. The molecule has 0 saturated carbocycles. The second-order valence-electron chi connectivity index (χ2n) is 6.24. The van der Waals surface area contributed by atoms with E-state index in [1.807, 2.05) is 6.07 Å². The average Bonchev–Trinajstić information content (AvgIpc) is 2.63. The van der Waals surface area contributed by atoms with E-state index in [0.717, 1.165) is 16.7 Å². The number of esters is 1. The third-order valence-electron chi connectivity index (χ3n) is 3.96. The number of carbonyl (C=O) groups excluding carboxylic acids is 4. The number of benzene rings is 1. The number of thioether (sulfide) groups is 1. The van der Waals surface area contributed by atoms with E-state index >= 15 is 0 Å². The van der Waals surface area contributed by atoms with E-state index in [-0.39, 0.29) is 18.1 Å². The zero-order valence-electron chi connectivity index (χ0n) is 15.9. The van der Waals surface area contributed by atoms with Crippen LogP contribution in [0.2, 0.25) is 0 Å². The van der Waals surface area contributed by atoms with Gasteiger partial charge in [-0.15, -0.1) is 0 Å². The molecular formula is C19H22N2O6S. The number of hydrogen-bond donors (Lipinski definition) is 1. The van der Waals surface area contributed by atoms with Crippen LogP contribution in [0.3, 0.4) is 0 Å². The molecule has 8 nitrogen and oxygen atoms in total. The van der Waals surface area contributed by atoms with Crippen LogP contribution in [-0.2, 0) is 23.9 Å². The molecule has 0 bridgehead atoms. The maximum atomic E-state index is 12.5. The summed E-state index contributed by atoms with van der Waals surface area (Å²) in [7, 11) is 1.19. The first-order valence-corrected chi connectivity index (χ1v) is 9.25. The number of likely N-dealkylation sites (tertiary alicyclic amines) is 1. The van der Waals surface area contributed by atoms with Crippen molar-refractivity contribution in [3.63, 3.8) is 0 Å². The molecule has 2 amide bonds. The monoisotopic (exact) mass is 406 g/mol. The van der Waals surface area contributed by atoms with E-state index in [9.17, 15) is 19.2 Å². The summed E-state index contributed by atoms with van der Waals surface area (Å²) in [5.41, 5.74) is 0.350. The van der Waals surface area contributed by atoms with Gasteiger partial charge < -0.3 is 14.8 Å². The number of ether oxygens (including phenoxy) is 2. The van der Waals surface area contributed by atoms with Crippen LogP contribution in [0.1, 0.15) is 20.3 Å². The first-order chi connectivity index (χ1) is 13.2. The van der Waals surface area contributed by atoms with Gasteiger partial charge in [-0.3, -0.25) is 19.3 Å². The van der Waals surface area contributed by atoms with E-state index in [0.29, 0.717) is 11.3 Å². The molecule has 1 aromatic rings. The molecule has 0 radical (unpaired) electrons. The maximum Gasteiger partial charge on any atom is 0.333 e. The smallest absolute Gasteiger partial charge is 0.333 e. The number of nitrogens with zero attached hydrogens (tertiary/aromatic N) is 1. The molecule has 0 aliphatic carbocycles. The summed E-state index contributed by atoms with van der Waals surface area (Å²) in [5.74, 6) is -1.15. The SMILES string of the molecule is C=C(C)C(C(=O)OC)N1C(=O)C[C@]1(NC(=O)COc1ccccc1)SC(C)=O. The Labute approximate surface area is 167 Å². The van der Waals surface area contributed by atoms with Crippen molar-refractivity contribution in [3.05, 3.63) is 42.5 Å².